The van der Waals surface area contributed by atoms with Crippen LogP contribution in [0, 0.1) is 11.8 Å². The molecule has 5 heteroatoms. The van der Waals surface area contributed by atoms with Crippen LogP contribution < -0.4 is 10.6 Å². The first kappa shape index (κ1) is 14.8. The Labute approximate surface area is 141 Å². The molecule has 3 unspecified atom stereocenters. The Kier molecular flexibility index (Phi) is 4.12. The molecule has 2 fully saturated rings. The van der Waals surface area contributed by atoms with Crippen LogP contribution in [-0.2, 0) is 6.42 Å². The van der Waals surface area contributed by atoms with Gasteiger partial charge < -0.3 is 15.7 Å². The van der Waals surface area contributed by atoms with E-state index in [-0.39, 0.29) is 5.88 Å². The van der Waals surface area contributed by atoms with Crippen molar-refractivity contribution in [2.24, 2.45) is 11.8 Å². The van der Waals surface area contributed by atoms with Crippen molar-refractivity contribution in [2.45, 2.75) is 38.1 Å². The van der Waals surface area contributed by atoms with E-state index < -0.39 is 0 Å². The normalized spacial score (nSPS) is 25.7. The van der Waals surface area contributed by atoms with Gasteiger partial charge in [0.2, 0.25) is 5.88 Å². The van der Waals surface area contributed by atoms with E-state index in [4.69, 9.17) is 0 Å². The van der Waals surface area contributed by atoms with E-state index in [1.165, 1.54) is 25.7 Å². The number of para-hydroxylation sites is 1. The van der Waals surface area contributed by atoms with Gasteiger partial charge in [0.15, 0.2) is 5.13 Å². The molecule has 3 atom stereocenters. The lowest BCUT2D eigenvalue weighted by Gasteiger charge is -2.22. The van der Waals surface area contributed by atoms with E-state index in [1.54, 1.807) is 11.3 Å². The molecular weight excluding hydrogens is 306 g/mol. The number of nitrogens with one attached hydrogen (secondary N) is 2. The monoisotopic (exact) mass is 329 g/mol. The molecule has 2 bridgehead atoms. The van der Waals surface area contributed by atoms with Gasteiger partial charge in [0.1, 0.15) is 0 Å². The molecule has 1 heterocycles. The minimum Gasteiger partial charge on any atom is -0.492 e. The second kappa shape index (κ2) is 6.40. The maximum atomic E-state index is 10.1. The van der Waals surface area contributed by atoms with Crippen LogP contribution in [0.5, 0.6) is 5.88 Å². The van der Waals surface area contributed by atoms with Gasteiger partial charge in [-0.05, 0) is 43.2 Å². The van der Waals surface area contributed by atoms with Gasteiger partial charge in [-0.1, -0.05) is 36.0 Å². The number of fused-ring (bicyclic) bond motifs is 2. The Bertz CT molecular complexity index is 658. The Morgan fingerprint density at radius 3 is 2.78 bits per heavy atom. The van der Waals surface area contributed by atoms with Crippen LogP contribution in [0.15, 0.2) is 30.3 Å². The Balaban J connectivity index is 1.32. The predicted molar refractivity (Wildman–Crippen MR) is 95.3 cm³/mol. The summed E-state index contributed by atoms with van der Waals surface area (Å²) >= 11 is 1.60. The predicted octanol–water partition coefficient (Wildman–Crippen LogP) is 4.10. The quantitative estimate of drug-likeness (QED) is 0.747. The van der Waals surface area contributed by atoms with Crippen LogP contribution in [0.25, 0.3) is 0 Å². The average molecular weight is 329 g/mol. The standard InChI is InChI=1S/C18H23N3OS/c22-17-16(8-9-19-14-4-2-1-3-5-14)23-18(21-17)20-15-11-12-6-7-13(15)10-12/h1-5,12-13,15,19,22H,6-11H2,(H,20,21). The average Bonchev–Trinajstić information content (AvgIpc) is 3.25. The van der Waals surface area contributed by atoms with Gasteiger partial charge in [-0.25, -0.2) is 0 Å². The molecule has 0 spiro atoms. The van der Waals surface area contributed by atoms with Crippen LogP contribution in [0.1, 0.15) is 30.6 Å². The van der Waals surface area contributed by atoms with Gasteiger partial charge in [-0.3, -0.25) is 0 Å². The number of rotatable bonds is 6. The first-order valence-corrected chi connectivity index (χ1v) is 9.33. The third-order valence-electron chi connectivity index (χ3n) is 5.18. The molecule has 1 aromatic carbocycles. The van der Waals surface area contributed by atoms with E-state index in [2.05, 4.69) is 27.8 Å². The number of benzene rings is 1. The van der Waals surface area contributed by atoms with Crippen LogP contribution >= 0.6 is 11.3 Å². The van der Waals surface area contributed by atoms with Gasteiger partial charge in [-0.2, -0.15) is 4.98 Å². The lowest BCUT2D eigenvalue weighted by atomic mass is 9.96. The summed E-state index contributed by atoms with van der Waals surface area (Å²) in [5.74, 6) is 1.92. The Hall–Kier alpha value is -1.75. The van der Waals surface area contributed by atoms with Crippen molar-refractivity contribution in [1.29, 1.82) is 0 Å². The molecule has 1 aromatic heterocycles. The van der Waals surface area contributed by atoms with Crippen molar-refractivity contribution in [1.82, 2.24) is 4.98 Å². The highest BCUT2D eigenvalue weighted by Crippen LogP contribution is 2.46. The van der Waals surface area contributed by atoms with Crippen molar-refractivity contribution < 1.29 is 5.11 Å². The largest absolute Gasteiger partial charge is 0.492 e. The summed E-state index contributed by atoms with van der Waals surface area (Å²) in [5.41, 5.74) is 1.11. The molecule has 0 saturated heterocycles. The van der Waals surface area contributed by atoms with Crippen LogP contribution in [0.3, 0.4) is 0 Å². The topological polar surface area (TPSA) is 57.2 Å². The summed E-state index contributed by atoms with van der Waals surface area (Å²) in [5, 5.41) is 17.9. The van der Waals surface area contributed by atoms with Crippen molar-refractivity contribution >= 4 is 22.2 Å². The number of thiazole rings is 1. The number of nitrogens with zero attached hydrogens (tertiary/aromatic N) is 1. The molecule has 2 saturated carbocycles. The second-order valence-corrected chi connectivity index (χ2v) is 7.82. The van der Waals surface area contributed by atoms with E-state index >= 15 is 0 Å². The highest BCUT2D eigenvalue weighted by Gasteiger charge is 2.39. The maximum absolute atomic E-state index is 10.1. The van der Waals surface area contributed by atoms with Gasteiger partial charge in [0.05, 0.1) is 4.88 Å². The van der Waals surface area contributed by atoms with Crippen molar-refractivity contribution in [2.75, 3.05) is 17.2 Å². The number of hydrogen-bond donors (Lipinski definition) is 3. The fraction of sp³-hybridized carbons (Fsp3) is 0.500. The molecule has 122 valence electrons. The number of hydrogen-bond acceptors (Lipinski definition) is 5. The van der Waals surface area contributed by atoms with Crippen LogP contribution in [-0.4, -0.2) is 22.7 Å². The lowest BCUT2D eigenvalue weighted by molar-refractivity contribution is 0.436. The molecule has 23 heavy (non-hydrogen) atoms. The van der Waals surface area contributed by atoms with E-state index in [9.17, 15) is 5.11 Å². The Morgan fingerprint density at radius 1 is 1.17 bits per heavy atom. The van der Waals surface area contributed by atoms with Gasteiger partial charge >= 0.3 is 0 Å². The summed E-state index contributed by atoms with van der Waals surface area (Å²) in [6.07, 6.45) is 6.20. The fourth-order valence-corrected chi connectivity index (χ4v) is 4.94. The Morgan fingerprint density at radius 2 is 2.04 bits per heavy atom. The van der Waals surface area contributed by atoms with E-state index in [1.807, 2.05) is 18.2 Å². The minimum atomic E-state index is 0.190. The summed E-state index contributed by atoms with van der Waals surface area (Å²) in [6, 6.07) is 10.7. The number of anilines is 2. The first-order valence-electron chi connectivity index (χ1n) is 8.52. The SMILES string of the molecule is Oc1nc(NC2CC3CCC2C3)sc1CCNc1ccccc1. The molecule has 2 aromatic rings. The summed E-state index contributed by atoms with van der Waals surface area (Å²) in [7, 11) is 0. The second-order valence-electron chi connectivity index (χ2n) is 6.73. The number of aromatic nitrogens is 1. The zero-order chi connectivity index (χ0) is 15.6. The molecule has 4 nitrogen and oxygen atoms in total. The van der Waals surface area contributed by atoms with E-state index in [0.29, 0.717) is 6.04 Å². The maximum Gasteiger partial charge on any atom is 0.227 e. The molecule has 3 N–H and O–H groups in total. The molecule has 4 rings (SSSR count). The molecule has 0 amide bonds. The zero-order valence-electron chi connectivity index (χ0n) is 13.2. The third-order valence-corrected chi connectivity index (χ3v) is 6.21. The van der Waals surface area contributed by atoms with Gasteiger partial charge in [-0.15, -0.1) is 0 Å². The van der Waals surface area contributed by atoms with Crippen LogP contribution in [0.4, 0.5) is 10.8 Å². The highest BCUT2D eigenvalue weighted by atomic mass is 32.1. The van der Waals surface area contributed by atoms with E-state index in [0.717, 1.165) is 40.5 Å². The lowest BCUT2D eigenvalue weighted by Crippen LogP contribution is -2.25. The third kappa shape index (κ3) is 3.29. The zero-order valence-corrected chi connectivity index (χ0v) is 14.0. The van der Waals surface area contributed by atoms with Gasteiger partial charge in [0.25, 0.3) is 0 Å². The fourth-order valence-electron chi connectivity index (χ4n) is 4.02. The summed E-state index contributed by atoms with van der Waals surface area (Å²) < 4.78 is 0. The minimum absolute atomic E-state index is 0.190. The van der Waals surface area contributed by atoms with Crippen molar-refractivity contribution in [3.8, 4) is 5.88 Å². The summed E-state index contributed by atoms with van der Waals surface area (Å²) in [6.45, 7) is 0.799. The van der Waals surface area contributed by atoms with Crippen LogP contribution in [0.2, 0.25) is 0 Å². The summed E-state index contributed by atoms with van der Waals surface area (Å²) in [4.78, 5) is 5.28. The van der Waals surface area contributed by atoms with Crippen molar-refractivity contribution in [3.63, 3.8) is 0 Å². The molecule has 2 aliphatic rings. The number of aromatic hydroxyl groups is 1. The smallest absolute Gasteiger partial charge is 0.227 e. The molecule has 2 aliphatic carbocycles. The van der Waals surface area contributed by atoms with Gasteiger partial charge in [0, 0.05) is 24.7 Å². The molecular formula is C18H23N3OS. The highest BCUT2D eigenvalue weighted by molar-refractivity contribution is 7.15. The first-order chi connectivity index (χ1) is 11.3. The molecule has 0 radical (unpaired) electrons. The molecule has 0 aliphatic heterocycles. The van der Waals surface area contributed by atoms with Crippen molar-refractivity contribution in [3.05, 3.63) is 35.2 Å².